The molecule has 0 amide bonds. The Balaban J connectivity index is 2.25. The smallest absolute Gasteiger partial charge is 0.313 e. The molecule has 0 spiro atoms. The molecule has 0 bridgehead atoms. The minimum Gasteiger partial charge on any atom is -0.481 e. The van der Waals surface area contributed by atoms with Gasteiger partial charge < -0.3 is 14.6 Å². The highest BCUT2D eigenvalue weighted by Gasteiger charge is 2.27. The molecule has 2 heterocycles. The first kappa shape index (κ1) is 16.4. The first-order valence-corrected chi connectivity index (χ1v) is 8.38. The second-order valence-corrected chi connectivity index (χ2v) is 7.69. The molecule has 1 aromatic heterocycles. The third kappa shape index (κ3) is 4.01. The highest BCUT2D eigenvalue weighted by Crippen LogP contribution is 2.29. The summed E-state index contributed by atoms with van der Waals surface area (Å²) < 4.78 is 2.22. The summed E-state index contributed by atoms with van der Waals surface area (Å²) in [6, 6.07) is 0.518. The maximum atomic E-state index is 10.8. The van der Waals surface area contributed by atoms with Crippen LogP contribution >= 0.6 is 11.8 Å². The van der Waals surface area contributed by atoms with Crippen LogP contribution in [0.15, 0.2) is 11.4 Å². The molecule has 1 fully saturated rings. The van der Waals surface area contributed by atoms with Gasteiger partial charge in [0.05, 0.1) is 5.75 Å². The van der Waals surface area contributed by atoms with Crippen LogP contribution in [0.1, 0.15) is 39.3 Å². The topological polar surface area (TPSA) is 58.4 Å². The summed E-state index contributed by atoms with van der Waals surface area (Å²) in [6.45, 7) is 8.55. The van der Waals surface area contributed by atoms with Gasteiger partial charge in [-0.3, -0.25) is 4.79 Å². The number of rotatable bonds is 5. The van der Waals surface area contributed by atoms with Crippen LogP contribution in [0.3, 0.4) is 0 Å². The summed E-state index contributed by atoms with van der Waals surface area (Å²) in [5.41, 5.74) is 1.18. The quantitative estimate of drug-likeness (QED) is 0.847. The first-order chi connectivity index (χ1) is 9.79. The van der Waals surface area contributed by atoms with Gasteiger partial charge >= 0.3 is 5.97 Å². The zero-order valence-corrected chi connectivity index (χ0v) is 14.1. The molecule has 0 aromatic carbocycles. The number of likely N-dealkylation sites (tertiary alicyclic amines) is 1. The van der Waals surface area contributed by atoms with Gasteiger partial charge in [0, 0.05) is 29.9 Å². The summed E-state index contributed by atoms with van der Waals surface area (Å²) in [7, 11) is 2.16. The van der Waals surface area contributed by atoms with Crippen LogP contribution in [0.25, 0.3) is 0 Å². The Hall–Kier alpha value is -1.01. The average Bonchev–Trinajstić information content (AvgIpc) is 2.94. The summed E-state index contributed by atoms with van der Waals surface area (Å²) >= 11 is 1.31. The van der Waals surface area contributed by atoms with Crippen LogP contribution in [-0.4, -0.2) is 50.9 Å². The Morgan fingerprint density at radius 3 is 2.76 bits per heavy atom. The van der Waals surface area contributed by atoms with Gasteiger partial charge in [0.2, 0.25) is 0 Å². The van der Waals surface area contributed by atoms with Crippen molar-refractivity contribution in [1.29, 1.82) is 0 Å². The highest BCUT2D eigenvalue weighted by atomic mass is 32.2. The minimum atomic E-state index is -0.801. The number of carboxylic acid groups (broad SMARTS) is 1. The number of carbonyl (C=O) groups is 1. The Morgan fingerprint density at radius 1 is 1.52 bits per heavy atom. The number of hydrogen-bond donors (Lipinski definition) is 1. The molecule has 1 atom stereocenters. The number of carboxylic acids is 1. The van der Waals surface area contributed by atoms with E-state index in [0.717, 1.165) is 18.2 Å². The van der Waals surface area contributed by atoms with E-state index in [9.17, 15) is 4.79 Å². The van der Waals surface area contributed by atoms with Gasteiger partial charge in [-0.25, -0.2) is 4.98 Å². The van der Waals surface area contributed by atoms with E-state index in [2.05, 4.69) is 42.3 Å². The molecule has 2 rings (SSSR count). The number of thioether (sulfide) groups is 1. The van der Waals surface area contributed by atoms with Gasteiger partial charge in [0.25, 0.3) is 0 Å². The molecular weight excluding hydrogens is 286 g/mol. The van der Waals surface area contributed by atoms with E-state index in [4.69, 9.17) is 5.11 Å². The third-order valence-corrected chi connectivity index (χ3v) is 4.95. The van der Waals surface area contributed by atoms with Crippen LogP contribution in [0.4, 0.5) is 0 Å². The first-order valence-electron chi connectivity index (χ1n) is 7.40. The molecule has 5 nitrogen and oxygen atoms in total. The summed E-state index contributed by atoms with van der Waals surface area (Å²) in [4.78, 5) is 17.7. The standard InChI is InChI=1S/C15H25N3O2S/c1-15(2,3)12-8-16-14(21-10-13(19)20)18(12)9-11-6-5-7-17(11)4/h8,11H,5-7,9-10H2,1-4H3,(H,19,20). The molecule has 1 aliphatic heterocycles. The molecule has 1 aliphatic rings. The SMILES string of the molecule is CN1CCCC1Cn1c(C(C)(C)C)cnc1SCC(=O)O. The number of hydrogen-bond acceptors (Lipinski definition) is 4. The van der Waals surface area contributed by atoms with Crippen molar-refractivity contribution < 1.29 is 9.90 Å². The molecule has 1 saturated heterocycles. The van der Waals surface area contributed by atoms with E-state index in [-0.39, 0.29) is 11.2 Å². The van der Waals surface area contributed by atoms with Crippen molar-refractivity contribution in [3.63, 3.8) is 0 Å². The number of imidazole rings is 1. The molecule has 1 unspecified atom stereocenters. The van der Waals surface area contributed by atoms with E-state index in [1.54, 1.807) is 0 Å². The van der Waals surface area contributed by atoms with E-state index in [0.29, 0.717) is 6.04 Å². The van der Waals surface area contributed by atoms with Crippen molar-refractivity contribution in [2.24, 2.45) is 0 Å². The van der Waals surface area contributed by atoms with Crippen molar-refractivity contribution >= 4 is 17.7 Å². The number of likely N-dealkylation sites (N-methyl/N-ethyl adjacent to an activating group) is 1. The average molecular weight is 311 g/mol. The Bertz CT molecular complexity index is 508. The van der Waals surface area contributed by atoms with Gasteiger partial charge in [-0.05, 0) is 26.4 Å². The van der Waals surface area contributed by atoms with Gasteiger partial charge in [-0.15, -0.1) is 0 Å². The number of nitrogens with zero attached hydrogens (tertiary/aromatic N) is 3. The van der Waals surface area contributed by atoms with Crippen LogP contribution in [0.5, 0.6) is 0 Å². The lowest BCUT2D eigenvalue weighted by Gasteiger charge is -2.26. The monoisotopic (exact) mass is 311 g/mol. The van der Waals surface area contributed by atoms with Crippen LogP contribution in [0, 0.1) is 0 Å². The largest absolute Gasteiger partial charge is 0.481 e. The van der Waals surface area contributed by atoms with Gasteiger partial charge in [-0.1, -0.05) is 32.5 Å². The third-order valence-electron chi connectivity index (χ3n) is 3.98. The second kappa shape index (κ2) is 6.40. The van der Waals surface area contributed by atoms with E-state index in [1.807, 2.05) is 6.20 Å². The lowest BCUT2D eigenvalue weighted by molar-refractivity contribution is -0.133. The maximum absolute atomic E-state index is 10.8. The summed E-state index contributed by atoms with van der Waals surface area (Å²) in [5, 5.41) is 9.71. The van der Waals surface area contributed by atoms with Crippen LogP contribution < -0.4 is 0 Å². The fraction of sp³-hybridized carbons (Fsp3) is 0.733. The summed E-state index contributed by atoms with van der Waals surface area (Å²) in [5.74, 6) is -0.744. The highest BCUT2D eigenvalue weighted by molar-refractivity contribution is 7.99. The van der Waals surface area contributed by atoms with Crippen LogP contribution in [0.2, 0.25) is 0 Å². The number of aliphatic carboxylic acids is 1. The molecule has 0 radical (unpaired) electrons. The molecule has 1 aromatic rings. The molecule has 1 N–H and O–H groups in total. The molecule has 0 saturated carbocycles. The van der Waals surface area contributed by atoms with E-state index < -0.39 is 5.97 Å². The second-order valence-electron chi connectivity index (χ2n) is 6.75. The summed E-state index contributed by atoms with van der Waals surface area (Å²) in [6.07, 6.45) is 4.33. The van der Waals surface area contributed by atoms with Crippen molar-refractivity contribution in [3.8, 4) is 0 Å². The molecular formula is C15H25N3O2S. The lowest BCUT2D eigenvalue weighted by atomic mass is 9.92. The van der Waals surface area contributed by atoms with Crippen LogP contribution in [-0.2, 0) is 16.8 Å². The number of aromatic nitrogens is 2. The maximum Gasteiger partial charge on any atom is 0.313 e. The zero-order valence-electron chi connectivity index (χ0n) is 13.3. The normalized spacial score (nSPS) is 20.1. The van der Waals surface area contributed by atoms with E-state index in [1.165, 1.54) is 30.3 Å². The zero-order chi connectivity index (χ0) is 15.6. The Morgan fingerprint density at radius 2 is 2.24 bits per heavy atom. The van der Waals surface area contributed by atoms with E-state index >= 15 is 0 Å². The molecule has 118 valence electrons. The molecule has 21 heavy (non-hydrogen) atoms. The fourth-order valence-electron chi connectivity index (χ4n) is 2.80. The van der Waals surface area contributed by atoms with Gasteiger partial charge in [0.1, 0.15) is 0 Å². The molecule has 0 aliphatic carbocycles. The van der Waals surface area contributed by atoms with Gasteiger partial charge in [-0.2, -0.15) is 0 Å². The van der Waals surface area contributed by atoms with Crippen molar-refractivity contribution in [2.45, 2.75) is 56.8 Å². The Labute approximate surface area is 130 Å². The van der Waals surface area contributed by atoms with Crippen molar-refractivity contribution in [2.75, 3.05) is 19.3 Å². The lowest BCUT2D eigenvalue weighted by Crippen LogP contribution is -2.31. The minimum absolute atomic E-state index is 0.00616. The molecule has 6 heteroatoms. The Kier molecular flexibility index (Phi) is 4.99. The van der Waals surface area contributed by atoms with Gasteiger partial charge in [0.15, 0.2) is 5.16 Å². The predicted molar refractivity (Wildman–Crippen MR) is 84.9 cm³/mol. The van der Waals surface area contributed by atoms with Crippen molar-refractivity contribution in [1.82, 2.24) is 14.5 Å². The van der Waals surface area contributed by atoms with Crippen molar-refractivity contribution in [3.05, 3.63) is 11.9 Å². The predicted octanol–water partition coefficient (Wildman–Crippen LogP) is 2.45. The fourth-order valence-corrected chi connectivity index (χ4v) is 3.50.